The van der Waals surface area contributed by atoms with Crippen LogP contribution in [-0.4, -0.2) is 60.9 Å². The highest BCUT2D eigenvalue weighted by molar-refractivity contribution is 6.09. The lowest BCUT2D eigenvalue weighted by molar-refractivity contribution is -0.251. The summed E-state index contributed by atoms with van der Waals surface area (Å²) in [5.74, 6) is -1.44. The van der Waals surface area contributed by atoms with E-state index >= 15 is 0 Å². The van der Waals surface area contributed by atoms with Gasteiger partial charge < -0.3 is 33.3 Å². The molecule has 8 heteroatoms. The molecule has 0 amide bonds. The molecule has 3 saturated heterocycles. The highest BCUT2D eigenvalue weighted by atomic mass is 16.9. The predicted molar refractivity (Wildman–Crippen MR) is 110 cm³/mol. The summed E-state index contributed by atoms with van der Waals surface area (Å²) in [6, 6.07) is 9.88. The van der Waals surface area contributed by atoms with Crippen molar-refractivity contribution in [2.24, 2.45) is 5.16 Å². The molecule has 1 aromatic rings. The van der Waals surface area contributed by atoms with Gasteiger partial charge in [0.25, 0.3) is 0 Å². The first-order valence-corrected chi connectivity index (χ1v) is 10.7. The number of fused-ring (bicyclic) bond motifs is 1. The van der Waals surface area contributed by atoms with Gasteiger partial charge in [-0.3, -0.25) is 0 Å². The Hall–Kier alpha value is -1.81. The second-order valence-electron chi connectivity index (χ2n) is 9.21. The van der Waals surface area contributed by atoms with E-state index in [4.69, 9.17) is 33.3 Å². The van der Waals surface area contributed by atoms with Gasteiger partial charge in [0.2, 0.25) is 6.29 Å². The summed E-state index contributed by atoms with van der Waals surface area (Å²) >= 11 is 0. The lowest BCUT2D eigenvalue weighted by Gasteiger charge is -2.31. The summed E-state index contributed by atoms with van der Waals surface area (Å²) in [6.07, 6.45) is -0.862. The van der Waals surface area contributed by atoms with E-state index in [0.29, 0.717) is 6.61 Å². The monoisotopic (exact) mass is 431 g/mol. The van der Waals surface area contributed by atoms with Crippen molar-refractivity contribution in [3.8, 4) is 0 Å². The van der Waals surface area contributed by atoms with Gasteiger partial charge in [0.15, 0.2) is 17.9 Å². The van der Waals surface area contributed by atoms with Gasteiger partial charge in [-0.1, -0.05) is 35.5 Å². The largest absolute Gasteiger partial charge is 0.358 e. The molecule has 4 aliphatic rings. The van der Waals surface area contributed by atoms with Crippen LogP contribution in [0.2, 0.25) is 0 Å². The summed E-state index contributed by atoms with van der Waals surface area (Å²) in [5, 5.41) is 4.28. The lowest BCUT2D eigenvalue weighted by Crippen LogP contribution is -2.46. The standard InChI is InChI=1S/C23H29NO7/c1-13-11-15(14-9-7-6-8-10-14)24-31-20(13)27-18-17(16-12-25-22(2,3)28-16)26-21-19(18)29-23(4,5)30-21/h6-11,16-21H,12H2,1-5H3/t16-,17-,18+,19-,20?,21-/m1/s1. The molecule has 5 rings (SSSR count). The van der Waals surface area contributed by atoms with Gasteiger partial charge in [-0.15, -0.1) is 0 Å². The lowest BCUT2D eigenvalue weighted by atomic mass is 10.0. The molecule has 1 aromatic carbocycles. The molecule has 0 bridgehead atoms. The Labute approximate surface area is 182 Å². The van der Waals surface area contributed by atoms with Crippen LogP contribution in [0, 0.1) is 0 Å². The van der Waals surface area contributed by atoms with Crippen LogP contribution in [0.3, 0.4) is 0 Å². The fourth-order valence-electron chi connectivity index (χ4n) is 4.35. The highest BCUT2D eigenvalue weighted by Gasteiger charge is 2.59. The van der Waals surface area contributed by atoms with E-state index in [1.165, 1.54) is 0 Å². The number of ether oxygens (including phenoxy) is 6. The molecule has 168 valence electrons. The first-order chi connectivity index (χ1) is 14.7. The normalized spacial score (nSPS) is 38.4. The molecule has 6 atom stereocenters. The van der Waals surface area contributed by atoms with E-state index in [-0.39, 0.29) is 6.10 Å². The van der Waals surface area contributed by atoms with E-state index in [9.17, 15) is 0 Å². The van der Waals surface area contributed by atoms with Gasteiger partial charge in [0.05, 0.1) is 6.61 Å². The Morgan fingerprint density at radius 1 is 0.968 bits per heavy atom. The van der Waals surface area contributed by atoms with Gasteiger partial charge in [0.1, 0.15) is 30.1 Å². The number of allylic oxidation sites excluding steroid dienone is 1. The van der Waals surface area contributed by atoms with E-state index < -0.39 is 42.5 Å². The van der Waals surface area contributed by atoms with Crippen molar-refractivity contribution < 1.29 is 33.3 Å². The molecule has 1 unspecified atom stereocenters. The zero-order valence-corrected chi connectivity index (χ0v) is 18.4. The summed E-state index contributed by atoms with van der Waals surface area (Å²) in [6.45, 7) is 9.84. The minimum absolute atomic E-state index is 0.308. The summed E-state index contributed by atoms with van der Waals surface area (Å²) in [7, 11) is 0. The van der Waals surface area contributed by atoms with Crippen LogP contribution in [0.15, 0.2) is 47.1 Å². The third-order valence-corrected chi connectivity index (χ3v) is 5.76. The maximum absolute atomic E-state index is 6.39. The minimum Gasteiger partial charge on any atom is -0.358 e. The van der Waals surface area contributed by atoms with Crippen LogP contribution in [0.5, 0.6) is 0 Å². The Morgan fingerprint density at radius 2 is 1.74 bits per heavy atom. The van der Waals surface area contributed by atoms with Crippen molar-refractivity contribution in [1.29, 1.82) is 0 Å². The SMILES string of the molecule is CC1=CC(c2ccccc2)=NOC1O[C@@H]1[C@H]2OC(C)(C)O[C@H]2O[C@@H]1[C@H]1COC(C)(C)O1. The second-order valence-corrected chi connectivity index (χ2v) is 9.21. The molecule has 4 heterocycles. The van der Waals surface area contributed by atoms with Crippen molar-refractivity contribution in [2.45, 2.75) is 83.2 Å². The van der Waals surface area contributed by atoms with Gasteiger partial charge in [0, 0.05) is 5.56 Å². The molecule has 3 fully saturated rings. The quantitative estimate of drug-likeness (QED) is 0.725. The molecule has 0 aromatic heterocycles. The molecule has 0 radical (unpaired) electrons. The average molecular weight is 431 g/mol. The van der Waals surface area contributed by atoms with Crippen LogP contribution < -0.4 is 0 Å². The molecule has 0 aliphatic carbocycles. The Balaban J connectivity index is 1.34. The Kier molecular flexibility index (Phi) is 5.20. The van der Waals surface area contributed by atoms with Crippen LogP contribution in [0.4, 0.5) is 0 Å². The van der Waals surface area contributed by atoms with Crippen molar-refractivity contribution in [3.63, 3.8) is 0 Å². The number of nitrogens with zero attached hydrogens (tertiary/aromatic N) is 1. The maximum atomic E-state index is 6.39. The molecule has 0 saturated carbocycles. The first kappa shape index (κ1) is 21.1. The molecule has 31 heavy (non-hydrogen) atoms. The van der Waals surface area contributed by atoms with E-state index in [0.717, 1.165) is 16.8 Å². The maximum Gasteiger partial charge on any atom is 0.249 e. The number of hydrogen-bond acceptors (Lipinski definition) is 8. The predicted octanol–water partition coefficient (Wildman–Crippen LogP) is 3.11. The molecule has 8 nitrogen and oxygen atoms in total. The van der Waals surface area contributed by atoms with Crippen LogP contribution in [-0.2, 0) is 33.3 Å². The Morgan fingerprint density at radius 3 is 2.42 bits per heavy atom. The van der Waals surface area contributed by atoms with Gasteiger partial charge in [-0.2, -0.15) is 0 Å². The zero-order valence-electron chi connectivity index (χ0n) is 18.4. The number of rotatable bonds is 4. The number of benzene rings is 1. The third kappa shape index (κ3) is 4.16. The van der Waals surface area contributed by atoms with Crippen LogP contribution in [0.1, 0.15) is 40.2 Å². The fourth-order valence-corrected chi connectivity index (χ4v) is 4.35. The summed E-state index contributed by atoms with van der Waals surface area (Å²) < 4.78 is 36.4. The van der Waals surface area contributed by atoms with E-state index in [1.54, 1.807) is 0 Å². The smallest absolute Gasteiger partial charge is 0.249 e. The fraction of sp³-hybridized carbons (Fsp3) is 0.609. The summed E-state index contributed by atoms with van der Waals surface area (Å²) in [4.78, 5) is 5.75. The zero-order chi connectivity index (χ0) is 21.8. The van der Waals surface area contributed by atoms with Crippen molar-refractivity contribution in [3.05, 3.63) is 47.5 Å². The topological polar surface area (TPSA) is 77.0 Å². The second kappa shape index (κ2) is 7.65. The van der Waals surface area contributed by atoms with Crippen LogP contribution >= 0.6 is 0 Å². The van der Waals surface area contributed by atoms with Crippen LogP contribution in [0.25, 0.3) is 0 Å². The number of hydrogen-bond donors (Lipinski definition) is 0. The molecular formula is C23H29NO7. The molecule has 4 aliphatic heterocycles. The number of oxime groups is 1. The first-order valence-electron chi connectivity index (χ1n) is 10.7. The summed E-state index contributed by atoms with van der Waals surface area (Å²) in [5.41, 5.74) is 2.64. The minimum atomic E-state index is -0.759. The van der Waals surface area contributed by atoms with Crippen molar-refractivity contribution >= 4 is 5.71 Å². The van der Waals surface area contributed by atoms with Gasteiger partial charge in [-0.05, 0) is 46.3 Å². The van der Waals surface area contributed by atoms with Gasteiger partial charge >= 0.3 is 0 Å². The average Bonchev–Trinajstić information content (AvgIpc) is 3.33. The van der Waals surface area contributed by atoms with Gasteiger partial charge in [-0.25, -0.2) is 0 Å². The molecule has 0 spiro atoms. The molecular weight excluding hydrogens is 402 g/mol. The highest BCUT2D eigenvalue weighted by Crippen LogP contribution is 2.42. The third-order valence-electron chi connectivity index (χ3n) is 5.76. The van der Waals surface area contributed by atoms with Crippen molar-refractivity contribution in [1.82, 2.24) is 0 Å². The van der Waals surface area contributed by atoms with Crippen molar-refractivity contribution in [2.75, 3.05) is 6.61 Å². The molecule has 0 N–H and O–H groups in total. The Bertz CT molecular complexity index is 881. The van der Waals surface area contributed by atoms with E-state index in [2.05, 4.69) is 5.16 Å². The van der Waals surface area contributed by atoms with E-state index in [1.807, 2.05) is 71.0 Å².